The minimum Gasteiger partial charge on any atom is -0.476 e. The number of aromatic nitrogens is 3. The van der Waals surface area contributed by atoms with Gasteiger partial charge in [0.05, 0.1) is 17.3 Å². The van der Waals surface area contributed by atoms with Crippen molar-refractivity contribution >= 4 is 34.7 Å². The number of rotatable bonds is 5. The Morgan fingerprint density at radius 1 is 1.18 bits per heavy atom. The molecule has 3 aromatic heterocycles. The van der Waals surface area contributed by atoms with Gasteiger partial charge in [0, 0.05) is 24.8 Å². The molecule has 2 fully saturated rings. The zero-order chi connectivity index (χ0) is 24.2. The zero-order valence-corrected chi connectivity index (χ0v) is 20.3. The fourth-order valence-electron chi connectivity index (χ4n) is 5.01. The van der Waals surface area contributed by atoms with E-state index >= 15 is 0 Å². The molecule has 1 saturated heterocycles. The van der Waals surface area contributed by atoms with Gasteiger partial charge in [-0.05, 0) is 75.6 Å². The molecule has 9 heteroatoms. The summed E-state index contributed by atoms with van der Waals surface area (Å²) < 4.78 is 1.60. The number of piperidine rings is 1. The van der Waals surface area contributed by atoms with Gasteiger partial charge >= 0.3 is 5.97 Å². The number of halogens is 1. The highest BCUT2D eigenvalue weighted by atomic mass is 35.5. The third-order valence-corrected chi connectivity index (χ3v) is 7.48. The molecule has 8 nitrogen and oxygen atoms in total. The zero-order valence-electron chi connectivity index (χ0n) is 19.6. The van der Waals surface area contributed by atoms with Crippen molar-refractivity contribution in [3.8, 4) is 0 Å². The van der Waals surface area contributed by atoms with Gasteiger partial charge in [0.15, 0.2) is 5.69 Å². The fourth-order valence-corrected chi connectivity index (χ4v) is 5.15. The molecule has 178 valence electrons. The number of carboxylic acids is 1. The van der Waals surface area contributed by atoms with Gasteiger partial charge in [-0.2, -0.15) is 0 Å². The number of nitrogens with zero attached hydrogens (tertiary/aromatic N) is 4. The molecule has 2 aliphatic rings. The first-order valence-corrected chi connectivity index (χ1v) is 12.0. The van der Waals surface area contributed by atoms with E-state index < -0.39 is 5.97 Å². The van der Waals surface area contributed by atoms with E-state index in [0.29, 0.717) is 22.3 Å². The largest absolute Gasteiger partial charge is 0.476 e. The van der Waals surface area contributed by atoms with Crippen LogP contribution in [0.5, 0.6) is 0 Å². The molecule has 2 N–H and O–H groups in total. The fraction of sp³-hybridized carbons (Fsp3) is 0.440. The molecule has 1 spiro atoms. The molecule has 4 heterocycles. The van der Waals surface area contributed by atoms with E-state index in [1.54, 1.807) is 22.7 Å². The number of pyridine rings is 2. The molecular formula is C25H28ClN5O3. The van der Waals surface area contributed by atoms with Gasteiger partial charge in [0.25, 0.3) is 5.56 Å². The quantitative estimate of drug-likeness (QED) is 0.513. The number of carboxylic acid groups (broad SMARTS) is 1. The van der Waals surface area contributed by atoms with Crippen LogP contribution in [0.25, 0.3) is 5.65 Å². The van der Waals surface area contributed by atoms with Crippen molar-refractivity contribution in [2.24, 2.45) is 5.41 Å². The normalized spacial score (nSPS) is 17.7. The van der Waals surface area contributed by atoms with Crippen LogP contribution in [0.1, 0.15) is 65.8 Å². The molecule has 0 aromatic carbocycles. The third-order valence-electron chi connectivity index (χ3n) is 7.27. The average Bonchev–Trinajstić information content (AvgIpc) is 3.56. The third kappa shape index (κ3) is 4.00. The Bertz CT molecular complexity index is 1350. The van der Waals surface area contributed by atoms with E-state index in [0.717, 1.165) is 42.9 Å². The molecule has 0 amide bonds. The Kier molecular flexibility index (Phi) is 5.51. The monoisotopic (exact) mass is 481 g/mol. The van der Waals surface area contributed by atoms with Gasteiger partial charge in [-0.15, -0.1) is 0 Å². The number of aryl methyl sites for hydroxylation is 1. The highest BCUT2D eigenvalue weighted by Crippen LogP contribution is 2.53. The van der Waals surface area contributed by atoms with E-state index in [1.807, 2.05) is 26.8 Å². The van der Waals surface area contributed by atoms with Crippen LogP contribution in [0, 0.1) is 19.3 Å². The summed E-state index contributed by atoms with van der Waals surface area (Å²) in [6.07, 6.45) is 6.73. The van der Waals surface area contributed by atoms with Crippen LogP contribution in [0.15, 0.2) is 29.2 Å². The molecule has 0 radical (unpaired) electrons. The number of aromatic carboxylic acids is 1. The summed E-state index contributed by atoms with van der Waals surface area (Å²) in [5.41, 5.74) is 3.59. The van der Waals surface area contributed by atoms with Crippen molar-refractivity contribution in [2.45, 2.75) is 52.5 Å². The van der Waals surface area contributed by atoms with Crippen molar-refractivity contribution in [3.05, 3.63) is 62.3 Å². The van der Waals surface area contributed by atoms with E-state index in [9.17, 15) is 14.7 Å². The SMILES string of the molecule is Cc1cc([C@H](C)Nc2ccc(Cl)nc2C(=O)O)c2nc(N3CCC4(CC3)CC4)c(C)c(=O)n2c1. The maximum Gasteiger partial charge on any atom is 0.356 e. The molecule has 0 bridgehead atoms. The van der Waals surface area contributed by atoms with Crippen LogP contribution in [0.2, 0.25) is 5.15 Å². The van der Waals surface area contributed by atoms with E-state index in [-0.39, 0.29) is 22.4 Å². The molecule has 1 atom stereocenters. The van der Waals surface area contributed by atoms with Crippen LogP contribution in [-0.4, -0.2) is 38.5 Å². The summed E-state index contributed by atoms with van der Waals surface area (Å²) >= 11 is 5.90. The van der Waals surface area contributed by atoms with Crippen molar-refractivity contribution < 1.29 is 9.90 Å². The summed E-state index contributed by atoms with van der Waals surface area (Å²) in [4.78, 5) is 36.2. The Hall–Kier alpha value is -3.13. The van der Waals surface area contributed by atoms with Gasteiger partial charge in [0.1, 0.15) is 16.6 Å². The molecule has 5 rings (SSSR count). The average molecular weight is 482 g/mol. The molecular weight excluding hydrogens is 454 g/mol. The molecule has 1 saturated carbocycles. The first-order valence-electron chi connectivity index (χ1n) is 11.6. The molecule has 3 aromatic rings. The number of fused-ring (bicyclic) bond motifs is 1. The summed E-state index contributed by atoms with van der Waals surface area (Å²) in [7, 11) is 0. The van der Waals surface area contributed by atoms with Gasteiger partial charge in [0.2, 0.25) is 0 Å². The molecule has 1 aliphatic carbocycles. The van der Waals surface area contributed by atoms with Crippen molar-refractivity contribution in [1.29, 1.82) is 0 Å². The number of nitrogens with one attached hydrogen (secondary N) is 1. The molecule has 0 unspecified atom stereocenters. The maximum atomic E-state index is 13.4. The Labute approximate surface area is 202 Å². The summed E-state index contributed by atoms with van der Waals surface area (Å²) in [6, 6.07) is 4.79. The van der Waals surface area contributed by atoms with Crippen LogP contribution in [0.3, 0.4) is 0 Å². The minimum absolute atomic E-state index is 0.0803. The summed E-state index contributed by atoms with van der Waals surface area (Å²) in [5, 5.41) is 12.9. The minimum atomic E-state index is -1.17. The molecule has 34 heavy (non-hydrogen) atoms. The summed E-state index contributed by atoms with van der Waals surface area (Å²) in [5.74, 6) is -0.422. The first-order chi connectivity index (χ1) is 16.2. The number of anilines is 2. The van der Waals surface area contributed by atoms with E-state index in [2.05, 4.69) is 15.2 Å². The second-order valence-corrected chi connectivity index (χ2v) is 10.1. The van der Waals surface area contributed by atoms with E-state index in [1.165, 1.54) is 12.8 Å². The Balaban J connectivity index is 1.56. The van der Waals surface area contributed by atoms with Crippen LogP contribution in [0.4, 0.5) is 11.5 Å². The van der Waals surface area contributed by atoms with Crippen LogP contribution < -0.4 is 15.8 Å². The Morgan fingerprint density at radius 3 is 2.53 bits per heavy atom. The van der Waals surface area contributed by atoms with Crippen LogP contribution in [-0.2, 0) is 0 Å². The van der Waals surface area contributed by atoms with Gasteiger partial charge in [-0.1, -0.05) is 11.6 Å². The van der Waals surface area contributed by atoms with Gasteiger partial charge in [-0.25, -0.2) is 14.8 Å². The highest BCUT2D eigenvalue weighted by molar-refractivity contribution is 6.29. The predicted octanol–water partition coefficient (Wildman–Crippen LogP) is 4.61. The lowest BCUT2D eigenvalue weighted by Gasteiger charge is -2.34. The first kappa shape index (κ1) is 22.7. The summed E-state index contributed by atoms with van der Waals surface area (Å²) in [6.45, 7) is 7.52. The van der Waals surface area contributed by atoms with Crippen LogP contribution >= 0.6 is 11.6 Å². The second kappa shape index (κ2) is 8.27. The van der Waals surface area contributed by atoms with Crippen molar-refractivity contribution in [3.63, 3.8) is 0 Å². The lowest BCUT2D eigenvalue weighted by Crippen LogP contribution is -2.37. The highest BCUT2D eigenvalue weighted by Gasteiger charge is 2.44. The standard InChI is InChI=1S/C25H28ClN5O3/c1-14-12-17(16(3)27-18-4-5-19(26)28-20(18)24(33)34)22-29-21(15(2)23(32)31(22)13-14)30-10-8-25(6-7-25)9-11-30/h4-5,12-13,16,27H,6-11H2,1-3H3,(H,33,34)/t16-/m0/s1. The Morgan fingerprint density at radius 2 is 1.88 bits per heavy atom. The molecule has 1 aliphatic heterocycles. The number of hydrogen-bond acceptors (Lipinski definition) is 6. The predicted molar refractivity (Wildman–Crippen MR) is 132 cm³/mol. The van der Waals surface area contributed by atoms with Crippen molar-refractivity contribution in [2.75, 3.05) is 23.3 Å². The van der Waals surface area contributed by atoms with Crippen molar-refractivity contribution in [1.82, 2.24) is 14.4 Å². The van der Waals surface area contributed by atoms with E-state index in [4.69, 9.17) is 16.6 Å². The topological polar surface area (TPSA) is 99.8 Å². The lowest BCUT2D eigenvalue weighted by atomic mass is 9.93. The van der Waals surface area contributed by atoms with Gasteiger partial charge < -0.3 is 15.3 Å². The maximum absolute atomic E-state index is 13.4. The smallest absolute Gasteiger partial charge is 0.356 e. The van der Waals surface area contributed by atoms with Gasteiger partial charge in [-0.3, -0.25) is 9.20 Å². The number of hydrogen-bond donors (Lipinski definition) is 2. The lowest BCUT2D eigenvalue weighted by molar-refractivity contribution is 0.0691. The number of carbonyl (C=O) groups is 1. The second-order valence-electron chi connectivity index (χ2n) is 9.72.